The van der Waals surface area contributed by atoms with Crippen LogP contribution in [0.2, 0.25) is 0 Å². The van der Waals surface area contributed by atoms with Gasteiger partial charge in [-0.15, -0.1) is 0 Å². The van der Waals surface area contributed by atoms with E-state index in [-0.39, 0.29) is 5.54 Å². The highest BCUT2D eigenvalue weighted by atomic mass is 16.4. The molecule has 0 amide bonds. The van der Waals surface area contributed by atoms with Crippen molar-refractivity contribution in [3.63, 3.8) is 0 Å². The highest BCUT2D eigenvalue weighted by molar-refractivity contribution is 5.72. The second-order valence-electron chi connectivity index (χ2n) is 4.35. The molecule has 1 saturated heterocycles. The Balaban J connectivity index is 2.11. The first-order chi connectivity index (χ1) is 7.28. The maximum Gasteiger partial charge on any atom is 0.215 e. The van der Waals surface area contributed by atoms with Crippen LogP contribution in [0, 0.1) is 0 Å². The van der Waals surface area contributed by atoms with Gasteiger partial charge >= 0.3 is 0 Å². The first-order valence-corrected chi connectivity index (χ1v) is 5.39. The third-order valence-electron chi connectivity index (χ3n) is 3.13. The summed E-state index contributed by atoms with van der Waals surface area (Å²) in [5.41, 5.74) is 1.75. The van der Waals surface area contributed by atoms with E-state index in [0.717, 1.165) is 30.0 Å². The highest BCUT2D eigenvalue weighted by Crippen LogP contribution is 2.31. The van der Waals surface area contributed by atoms with Crippen molar-refractivity contribution in [2.45, 2.75) is 25.3 Å². The number of fused-ring (bicyclic) bond motifs is 1. The molecule has 3 nitrogen and oxygen atoms in total. The van der Waals surface area contributed by atoms with Gasteiger partial charge in [0.05, 0.1) is 5.54 Å². The minimum atomic E-state index is -0.0704. The maximum absolute atomic E-state index is 5.78. The SMILES string of the molecule is CC1(c2nc3ccccc3o2)CCCN1. The van der Waals surface area contributed by atoms with Crippen molar-refractivity contribution in [1.82, 2.24) is 10.3 Å². The largest absolute Gasteiger partial charge is 0.439 e. The predicted molar refractivity (Wildman–Crippen MR) is 58.6 cm³/mol. The maximum atomic E-state index is 5.78. The van der Waals surface area contributed by atoms with E-state index in [1.54, 1.807) is 0 Å². The van der Waals surface area contributed by atoms with E-state index in [1.807, 2.05) is 24.3 Å². The van der Waals surface area contributed by atoms with E-state index in [9.17, 15) is 0 Å². The van der Waals surface area contributed by atoms with Crippen molar-refractivity contribution in [3.05, 3.63) is 30.2 Å². The summed E-state index contributed by atoms with van der Waals surface area (Å²) in [5, 5.41) is 3.45. The van der Waals surface area contributed by atoms with Gasteiger partial charge < -0.3 is 9.73 Å². The zero-order chi connectivity index (χ0) is 10.3. The van der Waals surface area contributed by atoms with E-state index in [4.69, 9.17) is 4.42 Å². The highest BCUT2D eigenvalue weighted by Gasteiger charge is 2.34. The molecule has 1 atom stereocenters. The zero-order valence-corrected chi connectivity index (χ0v) is 8.79. The van der Waals surface area contributed by atoms with Crippen LogP contribution in [0.3, 0.4) is 0 Å². The Bertz CT molecular complexity index is 450. The average Bonchev–Trinajstić information content (AvgIpc) is 2.84. The molecule has 2 heterocycles. The fraction of sp³-hybridized carbons (Fsp3) is 0.417. The molecule has 3 rings (SSSR count). The number of nitrogens with one attached hydrogen (secondary N) is 1. The van der Waals surface area contributed by atoms with Gasteiger partial charge in [0, 0.05) is 0 Å². The van der Waals surface area contributed by atoms with E-state index in [0.29, 0.717) is 0 Å². The standard InChI is InChI=1S/C12H14N2O/c1-12(7-4-8-13-12)11-14-9-5-2-3-6-10(9)15-11/h2-3,5-6,13H,4,7-8H2,1H3. The van der Waals surface area contributed by atoms with Crippen LogP contribution in [0.15, 0.2) is 28.7 Å². The molecule has 1 aliphatic rings. The molecule has 1 aromatic carbocycles. The normalized spacial score (nSPS) is 26.2. The van der Waals surface area contributed by atoms with E-state index in [2.05, 4.69) is 17.2 Å². The Morgan fingerprint density at radius 3 is 3.00 bits per heavy atom. The Morgan fingerprint density at radius 1 is 1.40 bits per heavy atom. The summed E-state index contributed by atoms with van der Waals surface area (Å²) in [7, 11) is 0. The Hall–Kier alpha value is -1.35. The lowest BCUT2D eigenvalue weighted by Gasteiger charge is -2.19. The van der Waals surface area contributed by atoms with E-state index in [1.165, 1.54) is 6.42 Å². The van der Waals surface area contributed by atoms with Crippen molar-refractivity contribution in [2.75, 3.05) is 6.54 Å². The lowest BCUT2D eigenvalue weighted by atomic mass is 10.0. The molecule has 78 valence electrons. The van der Waals surface area contributed by atoms with Crippen molar-refractivity contribution >= 4 is 11.1 Å². The molecule has 15 heavy (non-hydrogen) atoms. The summed E-state index contributed by atoms with van der Waals surface area (Å²) in [4.78, 5) is 4.54. The van der Waals surface area contributed by atoms with Crippen molar-refractivity contribution in [3.8, 4) is 0 Å². The van der Waals surface area contributed by atoms with Gasteiger partial charge in [0.2, 0.25) is 5.89 Å². The third kappa shape index (κ3) is 1.35. The van der Waals surface area contributed by atoms with Crippen LogP contribution in [-0.2, 0) is 5.54 Å². The number of hydrogen-bond donors (Lipinski definition) is 1. The van der Waals surface area contributed by atoms with Crippen LogP contribution < -0.4 is 5.32 Å². The first-order valence-electron chi connectivity index (χ1n) is 5.39. The van der Waals surface area contributed by atoms with Crippen molar-refractivity contribution in [1.29, 1.82) is 0 Å². The molecular formula is C12H14N2O. The average molecular weight is 202 g/mol. The molecule has 1 fully saturated rings. The minimum absolute atomic E-state index is 0.0704. The second-order valence-corrected chi connectivity index (χ2v) is 4.35. The molecule has 0 spiro atoms. The van der Waals surface area contributed by atoms with Crippen LogP contribution in [0.1, 0.15) is 25.7 Å². The van der Waals surface area contributed by atoms with Gasteiger partial charge in [-0.1, -0.05) is 12.1 Å². The fourth-order valence-corrected chi connectivity index (χ4v) is 2.19. The number of nitrogens with zero attached hydrogens (tertiary/aromatic N) is 1. The molecular weight excluding hydrogens is 188 g/mol. The van der Waals surface area contributed by atoms with Crippen molar-refractivity contribution < 1.29 is 4.42 Å². The smallest absolute Gasteiger partial charge is 0.215 e. The van der Waals surface area contributed by atoms with Gasteiger partial charge in [-0.25, -0.2) is 4.98 Å². The Kier molecular flexibility index (Phi) is 1.83. The summed E-state index contributed by atoms with van der Waals surface area (Å²) in [6, 6.07) is 7.91. The molecule has 0 bridgehead atoms. The molecule has 2 aromatic rings. The quantitative estimate of drug-likeness (QED) is 0.771. The fourth-order valence-electron chi connectivity index (χ4n) is 2.19. The lowest BCUT2D eigenvalue weighted by Crippen LogP contribution is -2.33. The number of rotatable bonds is 1. The van der Waals surface area contributed by atoms with E-state index < -0.39 is 0 Å². The van der Waals surface area contributed by atoms with E-state index >= 15 is 0 Å². The molecule has 1 N–H and O–H groups in total. The van der Waals surface area contributed by atoms with Gasteiger partial charge in [0.15, 0.2) is 5.58 Å². The lowest BCUT2D eigenvalue weighted by molar-refractivity contribution is 0.330. The number of aromatic nitrogens is 1. The van der Waals surface area contributed by atoms with Crippen LogP contribution in [0.4, 0.5) is 0 Å². The second kappa shape index (κ2) is 3.07. The van der Waals surface area contributed by atoms with Gasteiger partial charge in [0.1, 0.15) is 5.52 Å². The Morgan fingerprint density at radius 2 is 2.27 bits per heavy atom. The molecule has 3 heteroatoms. The molecule has 0 saturated carbocycles. The summed E-state index contributed by atoms with van der Waals surface area (Å²) >= 11 is 0. The number of benzene rings is 1. The summed E-state index contributed by atoms with van der Waals surface area (Å²) in [6.07, 6.45) is 2.29. The van der Waals surface area contributed by atoms with Gasteiger partial charge in [0.25, 0.3) is 0 Å². The van der Waals surface area contributed by atoms with Crippen LogP contribution in [0.25, 0.3) is 11.1 Å². The zero-order valence-electron chi connectivity index (χ0n) is 8.79. The summed E-state index contributed by atoms with van der Waals surface area (Å²) in [5.74, 6) is 0.821. The molecule has 0 radical (unpaired) electrons. The predicted octanol–water partition coefficient (Wildman–Crippen LogP) is 2.43. The first kappa shape index (κ1) is 8.92. The Labute approximate surface area is 88.5 Å². The molecule has 1 unspecified atom stereocenters. The minimum Gasteiger partial charge on any atom is -0.439 e. The molecule has 1 aromatic heterocycles. The van der Waals surface area contributed by atoms with Crippen LogP contribution in [-0.4, -0.2) is 11.5 Å². The van der Waals surface area contributed by atoms with Gasteiger partial charge in [-0.05, 0) is 38.4 Å². The monoisotopic (exact) mass is 202 g/mol. The molecule has 1 aliphatic heterocycles. The van der Waals surface area contributed by atoms with Crippen LogP contribution in [0.5, 0.6) is 0 Å². The van der Waals surface area contributed by atoms with Gasteiger partial charge in [-0.2, -0.15) is 0 Å². The molecule has 0 aliphatic carbocycles. The third-order valence-corrected chi connectivity index (χ3v) is 3.13. The summed E-state index contributed by atoms with van der Waals surface area (Å²) in [6.45, 7) is 3.21. The summed E-state index contributed by atoms with van der Waals surface area (Å²) < 4.78 is 5.78. The number of oxazole rings is 1. The van der Waals surface area contributed by atoms with Crippen molar-refractivity contribution in [2.24, 2.45) is 0 Å². The number of hydrogen-bond acceptors (Lipinski definition) is 3. The number of para-hydroxylation sites is 2. The van der Waals surface area contributed by atoms with Gasteiger partial charge in [-0.3, -0.25) is 0 Å². The van der Waals surface area contributed by atoms with Crippen LogP contribution >= 0.6 is 0 Å². The topological polar surface area (TPSA) is 38.1 Å².